The summed E-state index contributed by atoms with van der Waals surface area (Å²) in [5.74, 6) is -1.52. The topological polar surface area (TPSA) is 131 Å². The summed E-state index contributed by atoms with van der Waals surface area (Å²) in [6.45, 7) is -0.373. The summed E-state index contributed by atoms with van der Waals surface area (Å²) >= 11 is 6.09. The lowest BCUT2D eigenvalue weighted by Gasteiger charge is -2.19. The van der Waals surface area contributed by atoms with E-state index in [-0.39, 0.29) is 34.4 Å². The Labute approximate surface area is 208 Å². The average molecular weight is 512 g/mol. The number of nitrogens with zero attached hydrogens (tertiary/aromatic N) is 4. The molecule has 1 saturated heterocycles. The van der Waals surface area contributed by atoms with Crippen LogP contribution in [0.4, 0.5) is 10.3 Å². The van der Waals surface area contributed by atoms with Gasteiger partial charge < -0.3 is 19.9 Å². The monoisotopic (exact) mass is 511 g/mol. The molecule has 2 N–H and O–H groups in total. The smallest absolute Gasteiger partial charge is 0.338 e. The molecule has 4 atom stereocenters. The first-order chi connectivity index (χ1) is 17.4. The Balaban J connectivity index is 1.42. The minimum Gasteiger partial charge on any atom is -0.459 e. The molecule has 1 aliphatic heterocycles. The van der Waals surface area contributed by atoms with Crippen molar-refractivity contribution in [3.05, 3.63) is 83.3 Å². The molecule has 0 radical (unpaired) electrons. The zero-order chi connectivity index (χ0) is 25.2. The van der Waals surface area contributed by atoms with E-state index < -0.39 is 36.5 Å². The number of nitrogen functional groups attached to an aromatic ring is 1. The van der Waals surface area contributed by atoms with Crippen LogP contribution in [-0.2, 0) is 14.2 Å². The molecule has 2 aromatic heterocycles. The molecule has 0 saturated carbocycles. The summed E-state index contributed by atoms with van der Waals surface area (Å²) in [6, 6.07) is 16.4. The van der Waals surface area contributed by atoms with E-state index in [1.165, 1.54) is 10.9 Å². The van der Waals surface area contributed by atoms with Gasteiger partial charge in [-0.05, 0) is 24.3 Å². The van der Waals surface area contributed by atoms with Gasteiger partial charge >= 0.3 is 11.9 Å². The lowest BCUT2D eigenvalue weighted by Crippen LogP contribution is -2.37. The summed E-state index contributed by atoms with van der Waals surface area (Å²) in [7, 11) is 0. The third kappa shape index (κ3) is 4.58. The van der Waals surface area contributed by atoms with Crippen LogP contribution in [0.1, 0.15) is 26.9 Å². The normalized spacial score (nSPS) is 21.4. The number of anilines is 1. The van der Waals surface area contributed by atoms with Crippen molar-refractivity contribution in [1.82, 2.24) is 19.5 Å². The number of halogens is 2. The predicted octanol–water partition coefficient (Wildman–Crippen LogP) is 3.38. The van der Waals surface area contributed by atoms with Crippen molar-refractivity contribution in [1.29, 1.82) is 0 Å². The van der Waals surface area contributed by atoms with Crippen molar-refractivity contribution in [2.45, 2.75) is 24.6 Å². The van der Waals surface area contributed by atoms with Crippen LogP contribution in [0, 0.1) is 0 Å². The zero-order valence-electron chi connectivity index (χ0n) is 18.5. The van der Waals surface area contributed by atoms with Crippen molar-refractivity contribution in [3.8, 4) is 0 Å². The van der Waals surface area contributed by atoms with E-state index in [0.29, 0.717) is 5.56 Å². The van der Waals surface area contributed by atoms with Crippen molar-refractivity contribution in [3.63, 3.8) is 0 Å². The fraction of sp³-hybridized carbons (Fsp3) is 0.208. The van der Waals surface area contributed by atoms with Crippen molar-refractivity contribution >= 4 is 40.7 Å². The maximum absolute atomic E-state index is 15.8. The van der Waals surface area contributed by atoms with Crippen LogP contribution in [0.15, 0.2) is 67.0 Å². The molecule has 3 heterocycles. The molecule has 10 nitrogen and oxygen atoms in total. The number of nitrogens with two attached hydrogens (primary N) is 1. The summed E-state index contributed by atoms with van der Waals surface area (Å²) < 4.78 is 33.9. The lowest BCUT2D eigenvalue weighted by atomic mass is 10.1. The van der Waals surface area contributed by atoms with Crippen LogP contribution in [0.2, 0.25) is 5.15 Å². The Bertz CT molecular complexity index is 1400. The third-order valence-corrected chi connectivity index (χ3v) is 5.84. The number of ether oxygens (including phenoxy) is 3. The lowest BCUT2D eigenvalue weighted by molar-refractivity contribution is -0.0570. The second-order valence-corrected chi connectivity index (χ2v) is 8.26. The molecule has 0 aliphatic carbocycles. The standard InChI is InChI=1S/C24H19ClFN5O5/c25-19-17-20(30-24(27)29-19)31(12-28-17)21-16(26)18(36-23(33)14-9-5-2-6-10-14)15(35-21)11-34-22(32)13-7-3-1-4-8-13/h1-10,12,15-16,18,21H,11H2,(H2,27,29,30)/t15-,16-,18-,21-/m1/s1. The van der Waals surface area contributed by atoms with Gasteiger partial charge in [0.2, 0.25) is 5.95 Å². The minimum atomic E-state index is -1.87. The number of rotatable bonds is 6. The number of alkyl halides is 1. The van der Waals surface area contributed by atoms with Gasteiger partial charge in [-0.15, -0.1) is 0 Å². The van der Waals surface area contributed by atoms with Gasteiger partial charge in [0.1, 0.15) is 18.2 Å². The van der Waals surface area contributed by atoms with Gasteiger partial charge in [-0.3, -0.25) is 4.57 Å². The first-order valence-corrected chi connectivity index (χ1v) is 11.2. The van der Waals surface area contributed by atoms with E-state index in [0.717, 1.165) is 0 Å². The SMILES string of the molecule is Nc1nc(Cl)c2ncn([C@@H]3O[C@H](COC(=O)c4ccccc4)[C@@H](OC(=O)c4ccccc4)[C@H]3F)c2n1. The van der Waals surface area contributed by atoms with Crippen LogP contribution < -0.4 is 5.73 Å². The number of imidazole rings is 1. The molecule has 5 rings (SSSR count). The Morgan fingerprint density at radius 2 is 1.67 bits per heavy atom. The van der Waals surface area contributed by atoms with Crippen LogP contribution in [-0.4, -0.2) is 56.4 Å². The highest BCUT2D eigenvalue weighted by Crippen LogP contribution is 2.36. The van der Waals surface area contributed by atoms with Gasteiger partial charge in [0.25, 0.3) is 0 Å². The summed E-state index contributed by atoms with van der Waals surface area (Å²) in [4.78, 5) is 37.2. The van der Waals surface area contributed by atoms with Gasteiger partial charge in [0.15, 0.2) is 29.3 Å². The molecule has 0 amide bonds. The molecule has 184 valence electrons. The minimum absolute atomic E-state index is 0.00921. The largest absolute Gasteiger partial charge is 0.459 e. The number of carbonyl (C=O) groups is 2. The number of fused-ring (bicyclic) bond motifs is 1. The summed E-state index contributed by atoms with van der Waals surface area (Å²) in [5, 5.41) is -0.00921. The second-order valence-electron chi connectivity index (χ2n) is 7.91. The molecular formula is C24H19ClFN5O5. The van der Waals surface area contributed by atoms with E-state index >= 15 is 4.39 Å². The number of benzene rings is 2. The van der Waals surface area contributed by atoms with E-state index in [1.807, 2.05) is 0 Å². The maximum atomic E-state index is 15.8. The first kappa shape index (κ1) is 23.6. The molecule has 0 bridgehead atoms. The Morgan fingerprint density at radius 3 is 2.33 bits per heavy atom. The van der Waals surface area contributed by atoms with Crippen molar-refractivity contribution in [2.24, 2.45) is 0 Å². The number of esters is 2. The summed E-state index contributed by atoms with van der Waals surface area (Å²) in [5.41, 5.74) is 6.57. The van der Waals surface area contributed by atoms with E-state index in [9.17, 15) is 9.59 Å². The van der Waals surface area contributed by atoms with Gasteiger partial charge in [0, 0.05) is 0 Å². The number of hydrogen-bond donors (Lipinski definition) is 1. The Kier molecular flexibility index (Phi) is 6.49. The van der Waals surface area contributed by atoms with E-state index in [1.54, 1.807) is 60.7 Å². The van der Waals surface area contributed by atoms with Gasteiger partial charge in [-0.2, -0.15) is 9.97 Å². The fourth-order valence-corrected chi connectivity index (χ4v) is 4.08. The van der Waals surface area contributed by atoms with Crippen LogP contribution in [0.3, 0.4) is 0 Å². The summed E-state index contributed by atoms with van der Waals surface area (Å²) in [6.07, 6.45) is -4.45. The fourth-order valence-electron chi connectivity index (χ4n) is 3.86. The van der Waals surface area contributed by atoms with Gasteiger partial charge in [-0.1, -0.05) is 48.0 Å². The first-order valence-electron chi connectivity index (χ1n) is 10.9. The number of carbonyl (C=O) groups excluding carboxylic acids is 2. The molecule has 36 heavy (non-hydrogen) atoms. The molecule has 12 heteroatoms. The number of aromatic nitrogens is 4. The van der Waals surface area contributed by atoms with Crippen molar-refractivity contribution in [2.75, 3.05) is 12.3 Å². The zero-order valence-corrected chi connectivity index (χ0v) is 19.3. The molecule has 0 unspecified atom stereocenters. The molecule has 1 fully saturated rings. The van der Waals surface area contributed by atoms with Crippen molar-refractivity contribution < 1.29 is 28.2 Å². The molecule has 0 spiro atoms. The molecule has 2 aromatic carbocycles. The van der Waals surface area contributed by atoms with Gasteiger partial charge in [-0.25, -0.2) is 19.0 Å². The molecular weight excluding hydrogens is 493 g/mol. The highest BCUT2D eigenvalue weighted by atomic mass is 35.5. The quantitative estimate of drug-likeness (QED) is 0.305. The van der Waals surface area contributed by atoms with E-state index in [4.69, 9.17) is 31.5 Å². The van der Waals surface area contributed by atoms with Crippen LogP contribution in [0.5, 0.6) is 0 Å². The van der Waals surface area contributed by atoms with Crippen LogP contribution in [0.25, 0.3) is 11.2 Å². The highest BCUT2D eigenvalue weighted by molar-refractivity contribution is 6.33. The number of hydrogen-bond acceptors (Lipinski definition) is 9. The second kappa shape index (κ2) is 9.88. The van der Waals surface area contributed by atoms with Gasteiger partial charge in [0.05, 0.1) is 17.5 Å². The Morgan fingerprint density at radius 1 is 1.03 bits per heavy atom. The van der Waals surface area contributed by atoms with Crippen LogP contribution >= 0.6 is 11.6 Å². The van der Waals surface area contributed by atoms with E-state index in [2.05, 4.69) is 15.0 Å². The third-order valence-electron chi connectivity index (χ3n) is 5.58. The maximum Gasteiger partial charge on any atom is 0.338 e. The molecule has 1 aliphatic rings. The molecule has 4 aromatic rings. The predicted molar refractivity (Wildman–Crippen MR) is 126 cm³/mol. The Hall–Kier alpha value is -4.09. The highest BCUT2D eigenvalue weighted by Gasteiger charge is 2.50. The average Bonchev–Trinajstić information content (AvgIpc) is 3.44.